The summed E-state index contributed by atoms with van der Waals surface area (Å²) in [6, 6.07) is 0. The second kappa shape index (κ2) is 20.5. The van der Waals surface area contributed by atoms with E-state index in [2.05, 4.69) is 83.1 Å². The first kappa shape index (κ1) is 40.0. The molecule has 0 aliphatic heterocycles. The Hall–Kier alpha value is 0.554. The molecule has 0 rings (SSSR count). The van der Waals surface area contributed by atoms with Crippen LogP contribution < -0.4 is 0 Å². The predicted molar refractivity (Wildman–Crippen MR) is 125 cm³/mol. The summed E-state index contributed by atoms with van der Waals surface area (Å²) in [7, 11) is 0. The molecule has 0 saturated carbocycles. The zero-order valence-corrected chi connectivity index (χ0v) is 23.5. The van der Waals surface area contributed by atoms with E-state index in [1.807, 2.05) is 0 Å². The number of rotatable bonds is 4. The van der Waals surface area contributed by atoms with Gasteiger partial charge < -0.3 is 20.4 Å². The second-order valence-corrected chi connectivity index (χ2v) is 12.1. The van der Waals surface area contributed by atoms with Gasteiger partial charge in [-0.25, -0.2) is 0 Å². The summed E-state index contributed by atoms with van der Waals surface area (Å²) in [5.41, 5.74) is 1.20. The van der Waals surface area contributed by atoms with Crippen molar-refractivity contribution >= 4 is 0 Å². The van der Waals surface area contributed by atoms with Crippen molar-refractivity contribution in [1.29, 1.82) is 0 Å². The van der Waals surface area contributed by atoms with E-state index in [4.69, 9.17) is 20.4 Å². The van der Waals surface area contributed by atoms with E-state index in [9.17, 15) is 0 Å². The summed E-state index contributed by atoms with van der Waals surface area (Å²) in [6.07, 6.45) is 3.58. The molecular formula is C24H56O4Ti. The minimum absolute atomic E-state index is 0. The van der Waals surface area contributed by atoms with Crippen molar-refractivity contribution in [2.24, 2.45) is 21.7 Å². The predicted octanol–water partition coefficient (Wildman–Crippen LogP) is 5.66. The number of aliphatic hydroxyl groups excluding tert-OH is 4. The molecule has 0 amide bonds. The fourth-order valence-corrected chi connectivity index (χ4v) is 1.34. The molecule has 0 fully saturated rings. The van der Waals surface area contributed by atoms with Crippen LogP contribution in [0.15, 0.2) is 0 Å². The van der Waals surface area contributed by atoms with Crippen LogP contribution in [0.25, 0.3) is 0 Å². The maximum atomic E-state index is 8.40. The average molecular weight is 457 g/mol. The summed E-state index contributed by atoms with van der Waals surface area (Å²) >= 11 is 0. The van der Waals surface area contributed by atoms with Crippen molar-refractivity contribution in [2.75, 3.05) is 26.4 Å². The Kier molecular flexibility index (Phi) is 28.2. The molecule has 0 saturated heterocycles. The van der Waals surface area contributed by atoms with E-state index in [-0.39, 0.29) is 21.7 Å². The maximum absolute atomic E-state index is 8.40. The van der Waals surface area contributed by atoms with E-state index >= 15 is 0 Å². The molecule has 0 aromatic heterocycles. The third kappa shape index (κ3) is 73.5. The summed E-state index contributed by atoms with van der Waals surface area (Å²) in [5.74, 6) is 0. The fraction of sp³-hybridized carbons (Fsp3) is 1.00. The Morgan fingerprint density at radius 2 is 0.448 bits per heavy atom. The van der Waals surface area contributed by atoms with Crippen LogP contribution in [0, 0.1) is 21.7 Å². The minimum Gasteiger partial charge on any atom is -0.396 e. The van der Waals surface area contributed by atoms with Crippen LogP contribution >= 0.6 is 0 Å². The van der Waals surface area contributed by atoms with Gasteiger partial charge in [0.2, 0.25) is 0 Å². The normalized spacial score (nSPS) is 11.6. The molecule has 4 nitrogen and oxygen atoms in total. The zero-order chi connectivity index (χ0) is 23.7. The van der Waals surface area contributed by atoms with Crippen LogP contribution in [-0.4, -0.2) is 46.9 Å². The Balaban J connectivity index is -0.0000000873. The molecule has 0 heterocycles. The van der Waals surface area contributed by atoms with Gasteiger partial charge >= 0.3 is 0 Å². The standard InChI is InChI=1S/4C6H14O.Ti/c4*1-6(2,3)4-5-7;/h4*7H,4-5H2,1-3H3;. The molecular weight excluding hydrogens is 400 g/mol. The molecule has 5 heteroatoms. The Morgan fingerprint density at radius 1 is 0.345 bits per heavy atom. The van der Waals surface area contributed by atoms with Crippen LogP contribution in [0.5, 0.6) is 0 Å². The third-order valence-corrected chi connectivity index (χ3v) is 3.45. The van der Waals surface area contributed by atoms with Gasteiger partial charge in [-0.2, -0.15) is 0 Å². The zero-order valence-electron chi connectivity index (χ0n) is 21.9. The molecule has 0 atom stereocenters. The van der Waals surface area contributed by atoms with E-state index in [0.29, 0.717) is 48.1 Å². The van der Waals surface area contributed by atoms with E-state index in [0.717, 1.165) is 25.7 Å². The third-order valence-electron chi connectivity index (χ3n) is 3.45. The van der Waals surface area contributed by atoms with Crippen LogP contribution in [0.4, 0.5) is 0 Å². The molecule has 0 radical (unpaired) electrons. The van der Waals surface area contributed by atoms with Crippen molar-refractivity contribution in [1.82, 2.24) is 0 Å². The largest absolute Gasteiger partial charge is 0.396 e. The van der Waals surface area contributed by atoms with E-state index < -0.39 is 0 Å². The van der Waals surface area contributed by atoms with Crippen LogP contribution in [0.3, 0.4) is 0 Å². The van der Waals surface area contributed by atoms with Crippen molar-refractivity contribution in [3.63, 3.8) is 0 Å². The van der Waals surface area contributed by atoms with Crippen LogP contribution in [0.2, 0.25) is 0 Å². The molecule has 4 N–H and O–H groups in total. The van der Waals surface area contributed by atoms with Gasteiger partial charge in [-0.1, -0.05) is 83.1 Å². The van der Waals surface area contributed by atoms with Gasteiger partial charge in [0.05, 0.1) is 0 Å². The Labute approximate surface area is 198 Å². The molecule has 0 aromatic rings. The van der Waals surface area contributed by atoms with E-state index in [1.165, 1.54) is 0 Å². The molecule has 0 unspecified atom stereocenters. The molecule has 0 aliphatic carbocycles. The smallest absolute Gasteiger partial charge is 0.0436 e. The molecule has 180 valence electrons. The van der Waals surface area contributed by atoms with Gasteiger partial charge in [0.1, 0.15) is 0 Å². The topological polar surface area (TPSA) is 80.9 Å². The summed E-state index contributed by atoms with van der Waals surface area (Å²) in [5, 5.41) is 33.6. The van der Waals surface area contributed by atoms with Gasteiger partial charge in [0.25, 0.3) is 0 Å². The van der Waals surface area contributed by atoms with Gasteiger partial charge in [-0.05, 0) is 47.3 Å². The monoisotopic (exact) mass is 456 g/mol. The van der Waals surface area contributed by atoms with Crippen molar-refractivity contribution in [3.8, 4) is 0 Å². The van der Waals surface area contributed by atoms with Gasteiger partial charge in [0, 0.05) is 48.1 Å². The summed E-state index contributed by atoms with van der Waals surface area (Å²) in [6.45, 7) is 26.6. The summed E-state index contributed by atoms with van der Waals surface area (Å²) in [4.78, 5) is 0. The molecule has 0 spiro atoms. The van der Waals surface area contributed by atoms with Crippen LogP contribution in [-0.2, 0) is 21.7 Å². The van der Waals surface area contributed by atoms with Crippen molar-refractivity contribution in [3.05, 3.63) is 0 Å². The number of aliphatic hydroxyl groups is 4. The molecule has 29 heavy (non-hydrogen) atoms. The first-order chi connectivity index (χ1) is 12.2. The first-order valence-electron chi connectivity index (χ1n) is 10.7. The van der Waals surface area contributed by atoms with Crippen LogP contribution in [0.1, 0.15) is 109 Å². The van der Waals surface area contributed by atoms with Gasteiger partial charge in [-0.3, -0.25) is 0 Å². The average Bonchev–Trinajstić information content (AvgIpc) is 2.34. The fourth-order valence-electron chi connectivity index (χ4n) is 1.34. The first-order valence-corrected chi connectivity index (χ1v) is 10.7. The SMILES string of the molecule is CC(C)(C)CCO.CC(C)(C)CCO.CC(C)(C)CCO.CC(C)(C)CCO.[Ti]. The van der Waals surface area contributed by atoms with E-state index in [1.54, 1.807) is 0 Å². The van der Waals surface area contributed by atoms with Gasteiger partial charge in [-0.15, -0.1) is 0 Å². The Bertz CT molecular complexity index is 241. The maximum Gasteiger partial charge on any atom is 0.0436 e. The molecule has 0 aliphatic rings. The molecule has 0 aromatic carbocycles. The van der Waals surface area contributed by atoms with Crippen molar-refractivity contribution < 1.29 is 42.1 Å². The second-order valence-electron chi connectivity index (χ2n) is 12.1. The van der Waals surface area contributed by atoms with Crippen molar-refractivity contribution in [2.45, 2.75) is 109 Å². The van der Waals surface area contributed by atoms with Gasteiger partial charge in [0.15, 0.2) is 0 Å². The minimum atomic E-state index is 0. The number of hydrogen-bond donors (Lipinski definition) is 4. The molecule has 0 bridgehead atoms. The number of hydrogen-bond acceptors (Lipinski definition) is 4. The summed E-state index contributed by atoms with van der Waals surface area (Å²) < 4.78 is 0. The Morgan fingerprint density at radius 3 is 0.448 bits per heavy atom. The quantitative estimate of drug-likeness (QED) is 0.412.